The number of ether oxygens (including phenoxy) is 1. The summed E-state index contributed by atoms with van der Waals surface area (Å²) in [4.78, 5) is 12.4. The number of carbonyl (C=O) groups is 1. The first-order chi connectivity index (χ1) is 15.2. The van der Waals surface area contributed by atoms with Crippen LogP contribution in [0.25, 0.3) is 27.7 Å². The maximum absolute atomic E-state index is 12.4. The van der Waals surface area contributed by atoms with Gasteiger partial charge in [-0.05, 0) is 54.1 Å². The first-order valence-electron chi connectivity index (χ1n) is 9.87. The number of aryl methyl sites for hydroxylation is 1. The van der Waals surface area contributed by atoms with E-state index in [0.29, 0.717) is 22.9 Å². The van der Waals surface area contributed by atoms with Gasteiger partial charge in [0.1, 0.15) is 5.75 Å². The lowest BCUT2D eigenvalue weighted by molar-refractivity contribution is -0.118. The number of hydrogen-bond donors (Lipinski definition) is 1. The topological polar surface area (TPSA) is 81.4 Å². The predicted octanol–water partition coefficient (Wildman–Crippen LogP) is 4.27. The van der Waals surface area contributed by atoms with Crippen LogP contribution in [0.15, 0.2) is 78.9 Å². The molecule has 5 aromatic rings. The van der Waals surface area contributed by atoms with Crippen molar-refractivity contribution in [3.05, 3.63) is 84.7 Å². The summed E-state index contributed by atoms with van der Waals surface area (Å²) in [5.74, 6) is 1.14. The number of benzene rings is 3. The van der Waals surface area contributed by atoms with Gasteiger partial charge in [0.15, 0.2) is 18.1 Å². The minimum absolute atomic E-state index is 0.0767. The highest BCUT2D eigenvalue weighted by Crippen LogP contribution is 2.22. The third kappa shape index (κ3) is 3.93. The summed E-state index contributed by atoms with van der Waals surface area (Å²) in [5.41, 5.74) is 3.01. The number of amides is 1. The van der Waals surface area contributed by atoms with Gasteiger partial charge in [-0.2, -0.15) is 9.61 Å². The molecule has 0 bridgehead atoms. The van der Waals surface area contributed by atoms with Gasteiger partial charge in [0.25, 0.3) is 5.91 Å². The molecule has 0 aliphatic heterocycles. The van der Waals surface area contributed by atoms with E-state index in [9.17, 15) is 4.79 Å². The largest absolute Gasteiger partial charge is 0.484 e. The standard InChI is InChI=1S/C24H19N5O2/c1-16-26-27-23-12-11-22(28-29(16)23)19-7-4-8-20(13-19)25-24(30)15-31-21-10-9-17-5-2-3-6-18(17)14-21/h2-14H,15H2,1H3,(H,25,30). The summed E-state index contributed by atoms with van der Waals surface area (Å²) in [5, 5.41) is 17.7. The fourth-order valence-electron chi connectivity index (χ4n) is 3.41. The van der Waals surface area contributed by atoms with Gasteiger partial charge in [-0.3, -0.25) is 4.79 Å². The van der Waals surface area contributed by atoms with Crippen molar-refractivity contribution in [2.45, 2.75) is 6.92 Å². The van der Waals surface area contributed by atoms with Gasteiger partial charge < -0.3 is 10.1 Å². The number of nitrogens with one attached hydrogen (secondary N) is 1. The van der Waals surface area contributed by atoms with Crippen molar-refractivity contribution in [3.63, 3.8) is 0 Å². The summed E-state index contributed by atoms with van der Waals surface area (Å²) in [6, 6.07) is 25.1. The van der Waals surface area contributed by atoms with Crippen molar-refractivity contribution in [2.75, 3.05) is 11.9 Å². The maximum atomic E-state index is 12.4. The van der Waals surface area contributed by atoms with E-state index in [2.05, 4.69) is 20.6 Å². The van der Waals surface area contributed by atoms with Crippen LogP contribution in [-0.2, 0) is 4.79 Å². The molecule has 7 nitrogen and oxygen atoms in total. The Balaban J connectivity index is 1.28. The molecular weight excluding hydrogens is 390 g/mol. The monoisotopic (exact) mass is 409 g/mol. The molecular formula is C24H19N5O2. The Morgan fingerprint density at radius 3 is 2.71 bits per heavy atom. The molecule has 0 fully saturated rings. The Morgan fingerprint density at radius 1 is 0.935 bits per heavy atom. The van der Waals surface area contributed by atoms with E-state index in [0.717, 1.165) is 22.0 Å². The van der Waals surface area contributed by atoms with Gasteiger partial charge in [0.2, 0.25) is 0 Å². The highest BCUT2D eigenvalue weighted by atomic mass is 16.5. The van der Waals surface area contributed by atoms with Gasteiger partial charge in [-0.25, -0.2) is 0 Å². The Morgan fingerprint density at radius 2 is 1.81 bits per heavy atom. The number of carbonyl (C=O) groups excluding carboxylic acids is 1. The molecule has 0 saturated carbocycles. The lowest BCUT2D eigenvalue weighted by Gasteiger charge is -2.09. The number of hydrogen-bond acceptors (Lipinski definition) is 5. The molecule has 2 aromatic heterocycles. The van der Waals surface area contributed by atoms with Crippen LogP contribution in [0.5, 0.6) is 5.75 Å². The second-order valence-corrected chi connectivity index (χ2v) is 7.16. The molecule has 31 heavy (non-hydrogen) atoms. The smallest absolute Gasteiger partial charge is 0.262 e. The molecule has 152 valence electrons. The molecule has 2 heterocycles. The van der Waals surface area contributed by atoms with Crippen LogP contribution in [0.4, 0.5) is 5.69 Å². The van der Waals surface area contributed by atoms with Crippen LogP contribution < -0.4 is 10.1 Å². The Kier molecular flexibility index (Phi) is 4.76. The fraction of sp³-hybridized carbons (Fsp3) is 0.0833. The highest BCUT2D eigenvalue weighted by Gasteiger charge is 2.08. The molecule has 0 saturated heterocycles. The molecule has 3 aromatic carbocycles. The third-order valence-corrected chi connectivity index (χ3v) is 4.95. The van der Waals surface area contributed by atoms with Crippen molar-refractivity contribution in [3.8, 4) is 17.0 Å². The SMILES string of the molecule is Cc1nnc2ccc(-c3cccc(NC(=O)COc4ccc5ccccc5c4)c3)nn12. The number of fused-ring (bicyclic) bond motifs is 2. The van der Waals surface area contributed by atoms with Gasteiger partial charge in [-0.1, -0.05) is 42.5 Å². The summed E-state index contributed by atoms with van der Waals surface area (Å²) in [6.07, 6.45) is 0. The van der Waals surface area contributed by atoms with Crippen molar-refractivity contribution in [1.82, 2.24) is 19.8 Å². The van der Waals surface area contributed by atoms with Crippen molar-refractivity contribution in [2.24, 2.45) is 0 Å². The molecule has 0 spiro atoms. The van der Waals surface area contributed by atoms with E-state index in [1.807, 2.05) is 85.8 Å². The number of aromatic nitrogens is 4. The Hall–Kier alpha value is -4.26. The van der Waals surface area contributed by atoms with Gasteiger partial charge in [0.05, 0.1) is 5.69 Å². The second-order valence-electron chi connectivity index (χ2n) is 7.16. The highest BCUT2D eigenvalue weighted by molar-refractivity contribution is 5.92. The molecule has 0 atom stereocenters. The van der Waals surface area contributed by atoms with Crippen LogP contribution in [0.2, 0.25) is 0 Å². The summed E-state index contributed by atoms with van der Waals surface area (Å²) in [6.45, 7) is 1.77. The lowest BCUT2D eigenvalue weighted by atomic mass is 10.1. The average molecular weight is 409 g/mol. The first-order valence-corrected chi connectivity index (χ1v) is 9.87. The molecule has 5 rings (SSSR count). The van der Waals surface area contributed by atoms with E-state index >= 15 is 0 Å². The fourth-order valence-corrected chi connectivity index (χ4v) is 3.41. The molecule has 0 aliphatic rings. The molecule has 1 amide bonds. The minimum atomic E-state index is -0.233. The zero-order valence-corrected chi connectivity index (χ0v) is 16.8. The lowest BCUT2D eigenvalue weighted by Crippen LogP contribution is -2.20. The number of anilines is 1. The molecule has 1 N–H and O–H groups in total. The zero-order chi connectivity index (χ0) is 21.2. The van der Waals surface area contributed by atoms with E-state index in [4.69, 9.17) is 4.74 Å². The van der Waals surface area contributed by atoms with Gasteiger partial charge >= 0.3 is 0 Å². The second kappa shape index (κ2) is 7.87. The van der Waals surface area contributed by atoms with Crippen molar-refractivity contribution in [1.29, 1.82) is 0 Å². The molecule has 7 heteroatoms. The van der Waals surface area contributed by atoms with Crippen LogP contribution in [0.3, 0.4) is 0 Å². The van der Waals surface area contributed by atoms with E-state index in [-0.39, 0.29) is 12.5 Å². The summed E-state index contributed by atoms with van der Waals surface area (Å²) in [7, 11) is 0. The Bertz CT molecular complexity index is 1410. The van der Waals surface area contributed by atoms with Crippen LogP contribution in [-0.4, -0.2) is 32.3 Å². The number of rotatable bonds is 5. The normalized spacial score (nSPS) is 11.0. The first kappa shape index (κ1) is 18.7. The minimum Gasteiger partial charge on any atom is -0.484 e. The van der Waals surface area contributed by atoms with E-state index < -0.39 is 0 Å². The van der Waals surface area contributed by atoms with Gasteiger partial charge in [0, 0.05) is 11.3 Å². The van der Waals surface area contributed by atoms with Crippen LogP contribution in [0.1, 0.15) is 5.82 Å². The quantitative estimate of drug-likeness (QED) is 0.469. The molecule has 0 aliphatic carbocycles. The number of nitrogens with zero attached hydrogens (tertiary/aromatic N) is 4. The summed E-state index contributed by atoms with van der Waals surface area (Å²) < 4.78 is 7.37. The molecule has 0 radical (unpaired) electrons. The van der Waals surface area contributed by atoms with Gasteiger partial charge in [-0.15, -0.1) is 10.2 Å². The van der Waals surface area contributed by atoms with E-state index in [1.165, 1.54) is 0 Å². The molecule has 0 unspecified atom stereocenters. The predicted molar refractivity (Wildman–Crippen MR) is 119 cm³/mol. The maximum Gasteiger partial charge on any atom is 0.262 e. The Labute approximate surface area is 178 Å². The van der Waals surface area contributed by atoms with Crippen LogP contribution in [0, 0.1) is 6.92 Å². The van der Waals surface area contributed by atoms with E-state index in [1.54, 1.807) is 4.52 Å². The average Bonchev–Trinajstić information content (AvgIpc) is 3.18. The van der Waals surface area contributed by atoms with Crippen molar-refractivity contribution >= 4 is 28.0 Å². The summed E-state index contributed by atoms with van der Waals surface area (Å²) >= 11 is 0. The van der Waals surface area contributed by atoms with Crippen LogP contribution >= 0.6 is 0 Å². The third-order valence-electron chi connectivity index (χ3n) is 4.95. The zero-order valence-electron chi connectivity index (χ0n) is 16.8. The van der Waals surface area contributed by atoms with Crippen molar-refractivity contribution < 1.29 is 9.53 Å².